The summed E-state index contributed by atoms with van der Waals surface area (Å²) in [5, 5.41) is 2.87. The maximum absolute atomic E-state index is 12.7. The van der Waals surface area contributed by atoms with Crippen LogP contribution in [0.2, 0.25) is 0 Å². The minimum Gasteiger partial charge on any atom is -0.356 e. The number of carbonyl (C=O) groups excluding carboxylic acids is 2. The monoisotopic (exact) mass is 346 g/mol. The number of piperazine rings is 1. The first kappa shape index (κ1) is 17.6. The van der Waals surface area contributed by atoms with Crippen LogP contribution in [0.15, 0.2) is 12.4 Å². The molecule has 2 aliphatic heterocycles. The van der Waals surface area contributed by atoms with Crippen LogP contribution in [0.4, 0.5) is 5.82 Å². The van der Waals surface area contributed by atoms with Crippen LogP contribution in [0.1, 0.15) is 23.8 Å². The summed E-state index contributed by atoms with van der Waals surface area (Å²) >= 11 is 0. The van der Waals surface area contributed by atoms with E-state index >= 15 is 0 Å². The van der Waals surface area contributed by atoms with E-state index in [0.717, 1.165) is 26.1 Å². The second-order valence-corrected chi connectivity index (χ2v) is 6.68. The summed E-state index contributed by atoms with van der Waals surface area (Å²) < 4.78 is 0. The topological polar surface area (TPSA) is 81.7 Å². The molecule has 8 heteroatoms. The fraction of sp³-hybridized carbons (Fsp3) is 0.647. The van der Waals surface area contributed by atoms with E-state index in [1.54, 1.807) is 6.20 Å². The average Bonchev–Trinajstić information content (AvgIpc) is 3.12. The predicted molar refractivity (Wildman–Crippen MR) is 94.4 cm³/mol. The molecule has 3 heterocycles. The van der Waals surface area contributed by atoms with Crippen molar-refractivity contribution in [1.29, 1.82) is 0 Å². The Labute approximate surface area is 148 Å². The molecule has 3 rings (SSSR count). The molecule has 25 heavy (non-hydrogen) atoms. The normalized spacial score (nSPS) is 21.4. The zero-order valence-corrected chi connectivity index (χ0v) is 14.9. The maximum atomic E-state index is 12.7. The van der Waals surface area contributed by atoms with Gasteiger partial charge in [0.25, 0.3) is 5.91 Å². The van der Waals surface area contributed by atoms with Crippen molar-refractivity contribution in [2.75, 3.05) is 57.8 Å². The number of anilines is 1. The number of aromatic nitrogens is 2. The third-order valence-corrected chi connectivity index (χ3v) is 4.87. The number of rotatable bonds is 4. The van der Waals surface area contributed by atoms with Crippen LogP contribution >= 0.6 is 0 Å². The third-order valence-electron chi connectivity index (χ3n) is 4.87. The highest BCUT2D eigenvalue weighted by Gasteiger charge is 2.29. The molecule has 0 saturated carbocycles. The van der Waals surface area contributed by atoms with E-state index in [4.69, 9.17) is 0 Å². The number of nitrogens with zero attached hydrogens (tertiary/aromatic N) is 5. The van der Waals surface area contributed by atoms with Gasteiger partial charge >= 0.3 is 0 Å². The van der Waals surface area contributed by atoms with E-state index in [1.807, 2.05) is 16.7 Å². The van der Waals surface area contributed by atoms with E-state index in [0.29, 0.717) is 37.7 Å². The van der Waals surface area contributed by atoms with Crippen molar-refractivity contribution >= 4 is 17.6 Å². The summed E-state index contributed by atoms with van der Waals surface area (Å²) in [6.07, 6.45) is 3.99. The van der Waals surface area contributed by atoms with Gasteiger partial charge in [0.2, 0.25) is 5.91 Å². The quantitative estimate of drug-likeness (QED) is 0.815. The SMILES string of the molecule is CCNC(=O)C1CCN(c2cncc(C(=O)N3CCN(C)CC3)n2)C1. The number of likely N-dealkylation sites (N-methyl/N-ethyl adjacent to an activating group) is 1. The highest BCUT2D eigenvalue weighted by molar-refractivity contribution is 5.92. The van der Waals surface area contributed by atoms with Crippen molar-refractivity contribution < 1.29 is 9.59 Å². The first-order valence-corrected chi connectivity index (χ1v) is 8.91. The van der Waals surface area contributed by atoms with Gasteiger partial charge in [-0.25, -0.2) is 4.98 Å². The van der Waals surface area contributed by atoms with Gasteiger partial charge in [0.15, 0.2) is 0 Å². The van der Waals surface area contributed by atoms with Crippen molar-refractivity contribution in [3.05, 3.63) is 18.1 Å². The smallest absolute Gasteiger partial charge is 0.274 e. The Kier molecular flexibility index (Phi) is 5.47. The molecule has 1 aromatic rings. The van der Waals surface area contributed by atoms with Crippen molar-refractivity contribution in [3.8, 4) is 0 Å². The van der Waals surface area contributed by atoms with Crippen molar-refractivity contribution in [3.63, 3.8) is 0 Å². The molecule has 136 valence electrons. The molecule has 0 bridgehead atoms. The Hall–Kier alpha value is -2.22. The van der Waals surface area contributed by atoms with Crippen LogP contribution in [0.25, 0.3) is 0 Å². The Bertz CT molecular complexity index is 629. The minimum atomic E-state index is -0.0677. The highest BCUT2D eigenvalue weighted by Crippen LogP contribution is 2.22. The van der Waals surface area contributed by atoms with Gasteiger partial charge < -0.3 is 20.0 Å². The Morgan fingerprint density at radius 3 is 2.68 bits per heavy atom. The second-order valence-electron chi connectivity index (χ2n) is 6.68. The average molecular weight is 346 g/mol. The molecule has 1 atom stereocenters. The van der Waals surface area contributed by atoms with E-state index in [9.17, 15) is 9.59 Å². The van der Waals surface area contributed by atoms with Gasteiger partial charge in [-0.3, -0.25) is 14.6 Å². The predicted octanol–water partition coefficient (Wildman–Crippen LogP) is -0.173. The summed E-state index contributed by atoms with van der Waals surface area (Å²) in [6.45, 7) is 7.11. The molecule has 1 unspecified atom stereocenters. The van der Waals surface area contributed by atoms with Gasteiger partial charge in [-0.1, -0.05) is 0 Å². The largest absolute Gasteiger partial charge is 0.356 e. The third kappa shape index (κ3) is 4.07. The molecule has 0 aromatic carbocycles. The lowest BCUT2D eigenvalue weighted by atomic mass is 10.1. The summed E-state index contributed by atoms with van der Waals surface area (Å²) in [6, 6.07) is 0. The molecule has 0 radical (unpaired) electrons. The van der Waals surface area contributed by atoms with Crippen LogP contribution in [-0.2, 0) is 4.79 Å². The first-order chi connectivity index (χ1) is 12.1. The number of carbonyl (C=O) groups is 2. The number of hydrogen-bond donors (Lipinski definition) is 1. The van der Waals surface area contributed by atoms with Gasteiger partial charge in [-0.15, -0.1) is 0 Å². The summed E-state index contributed by atoms with van der Waals surface area (Å²) in [7, 11) is 2.06. The molecular formula is C17H26N6O2. The summed E-state index contributed by atoms with van der Waals surface area (Å²) in [4.78, 5) is 39.4. The van der Waals surface area contributed by atoms with Crippen molar-refractivity contribution in [2.45, 2.75) is 13.3 Å². The van der Waals surface area contributed by atoms with Crippen LogP contribution in [-0.4, -0.2) is 84.4 Å². The van der Waals surface area contributed by atoms with E-state index in [-0.39, 0.29) is 17.7 Å². The van der Waals surface area contributed by atoms with Gasteiger partial charge in [0.05, 0.1) is 18.3 Å². The van der Waals surface area contributed by atoms with Crippen LogP contribution in [0.5, 0.6) is 0 Å². The summed E-state index contributed by atoms with van der Waals surface area (Å²) in [5.74, 6) is 0.662. The maximum Gasteiger partial charge on any atom is 0.274 e. The van der Waals surface area contributed by atoms with Gasteiger partial charge in [0, 0.05) is 45.8 Å². The van der Waals surface area contributed by atoms with Crippen LogP contribution < -0.4 is 10.2 Å². The van der Waals surface area contributed by atoms with E-state index in [1.165, 1.54) is 6.20 Å². The lowest BCUT2D eigenvalue weighted by molar-refractivity contribution is -0.124. The number of hydrogen-bond acceptors (Lipinski definition) is 6. The Morgan fingerprint density at radius 1 is 1.20 bits per heavy atom. The van der Waals surface area contributed by atoms with Gasteiger partial charge in [-0.05, 0) is 20.4 Å². The number of amides is 2. The van der Waals surface area contributed by atoms with E-state index in [2.05, 4.69) is 27.2 Å². The lowest BCUT2D eigenvalue weighted by Gasteiger charge is -2.32. The second kappa shape index (κ2) is 7.77. The van der Waals surface area contributed by atoms with Crippen molar-refractivity contribution in [1.82, 2.24) is 25.1 Å². The molecule has 1 N–H and O–H groups in total. The highest BCUT2D eigenvalue weighted by atomic mass is 16.2. The minimum absolute atomic E-state index is 0.0289. The first-order valence-electron chi connectivity index (χ1n) is 8.91. The molecule has 2 aliphatic rings. The van der Waals surface area contributed by atoms with Crippen LogP contribution in [0, 0.1) is 5.92 Å². The zero-order valence-electron chi connectivity index (χ0n) is 14.9. The fourth-order valence-electron chi connectivity index (χ4n) is 3.28. The zero-order chi connectivity index (χ0) is 17.8. The summed E-state index contributed by atoms with van der Waals surface area (Å²) in [5.41, 5.74) is 0.378. The van der Waals surface area contributed by atoms with Gasteiger partial charge in [0.1, 0.15) is 11.5 Å². The number of nitrogens with one attached hydrogen (secondary N) is 1. The van der Waals surface area contributed by atoms with E-state index < -0.39 is 0 Å². The lowest BCUT2D eigenvalue weighted by Crippen LogP contribution is -2.47. The Balaban J connectivity index is 1.66. The standard InChI is InChI=1S/C17H26N6O2/c1-3-19-16(24)13-4-5-23(12-13)15-11-18-10-14(20-15)17(25)22-8-6-21(2)7-9-22/h10-11,13H,3-9,12H2,1-2H3,(H,19,24). The molecule has 2 fully saturated rings. The molecule has 8 nitrogen and oxygen atoms in total. The molecule has 0 spiro atoms. The molecule has 1 aromatic heterocycles. The molecule has 0 aliphatic carbocycles. The van der Waals surface area contributed by atoms with Crippen LogP contribution in [0.3, 0.4) is 0 Å². The molecule has 2 saturated heterocycles. The fourth-order valence-corrected chi connectivity index (χ4v) is 3.28. The molecule has 2 amide bonds. The Morgan fingerprint density at radius 2 is 1.96 bits per heavy atom. The molecular weight excluding hydrogens is 320 g/mol. The van der Waals surface area contributed by atoms with Gasteiger partial charge in [-0.2, -0.15) is 0 Å². The van der Waals surface area contributed by atoms with Crippen molar-refractivity contribution in [2.24, 2.45) is 5.92 Å².